The summed E-state index contributed by atoms with van der Waals surface area (Å²) >= 11 is 2.30. The van der Waals surface area contributed by atoms with Crippen LogP contribution < -0.4 is 10.9 Å². The molecule has 4 heterocycles. The van der Waals surface area contributed by atoms with Crippen LogP contribution in [-0.4, -0.2) is 36.2 Å². The van der Waals surface area contributed by atoms with Crippen molar-refractivity contribution in [1.82, 2.24) is 9.29 Å². The molecule has 170 valence electrons. The number of para-hydroxylation sites is 1. The first kappa shape index (κ1) is 22.0. The predicted octanol–water partition coefficient (Wildman–Crippen LogP) is 4.16. The highest BCUT2D eigenvalue weighted by atomic mass is 32.2. The van der Waals surface area contributed by atoms with Crippen molar-refractivity contribution in [3.8, 4) is 11.3 Å². The molecule has 33 heavy (non-hydrogen) atoms. The zero-order chi connectivity index (χ0) is 23.0. The molecule has 1 N–H and O–H groups in total. The average molecular weight is 502 g/mol. The Kier molecular flexibility index (Phi) is 5.87. The molecule has 1 aliphatic rings. The van der Waals surface area contributed by atoms with Crippen LogP contribution in [-0.2, 0) is 14.8 Å². The molecule has 1 saturated heterocycles. The lowest BCUT2D eigenvalue weighted by Gasteiger charge is -2.32. The monoisotopic (exact) mass is 501 g/mol. The second-order valence-electron chi connectivity index (χ2n) is 7.57. The number of hydrogen-bond donors (Lipinski definition) is 1. The molecular formula is C22H19N3O5S3. The molecule has 1 atom stereocenters. The third-order valence-electron chi connectivity index (χ3n) is 5.47. The molecule has 0 bridgehead atoms. The summed E-state index contributed by atoms with van der Waals surface area (Å²) in [5.74, 6) is -0.429. The number of thiazole rings is 1. The highest BCUT2D eigenvalue weighted by Gasteiger charge is 2.38. The standard InChI is InChI=1S/C22H19N3O5S3/c26-20(17-7-3-4-10-25(17)33(28,29)19-9-5-11-31-19)24-22-23-16(13-32-22)15-12-14-6-1-2-8-18(14)30-21(15)27/h1-2,5-6,8-9,11-13,17H,3-4,7,10H2,(H,23,24,26). The zero-order valence-electron chi connectivity index (χ0n) is 17.3. The quantitative estimate of drug-likeness (QED) is 0.411. The van der Waals surface area contributed by atoms with Gasteiger partial charge >= 0.3 is 5.63 Å². The average Bonchev–Trinajstić information content (AvgIpc) is 3.51. The molecule has 0 spiro atoms. The van der Waals surface area contributed by atoms with Crippen LogP contribution >= 0.6 is 22.7 Å². The number of thiophene rings is 1. The minimum Gasteiger partial charge on any atom is -0.422 e. The maximum atomic E-state index is 13.1. The summed E-state index contributed by atoms with van der Waals surface area (Å²) in [5, 5.41) is 7.16. The van der Waals surface area contributed by atoms with Crippen molar-refractivity contribution in [2.45, 2.75) is 29.5 Å². The van der Waals surface area contributed by atoms with Crippen LogP contribution in [0.4, 0.5) is 5.13 Å². The molecule has 1 aromatic carbocycles. The first-order valence-electron chi connectivity index (χ1n) is 10.3. The summed E-state index contributed by atoms with van der Waals surface area (Å²) in [5.41, 5.74) is 0.656. The molecule has 5 rings (SSSR count). The summed E-state index contributed by atoms with van der Waals surface area (Å²) < 4.78 is 33.0. The molecule has 1 aliphatic heterocycles. The lowest BCUT2D eigenvalue weighted by molar-refractivity contribution is -0.120. The van der Waals surface area contributed by atoms with Crippen molar-refractivity contribution in [3.63, 3.8) is 0 Å². The van der Waals surface area contributed by atoms with Gasteiger partial charge in [-0.2, -0.15) is 4.31 Å². The van der Waals surface area contributed by atoms with E-state index in [1.807, 2.05) is 12.1 Å². The van der Waals surface area contributed by atoms with Crippen LogP contribution in [0.25, 0.3) is 22.2 Å². The van der Waals surface area contributed by atoms with Gasteiger partial charge in [-0.25, -0.2) is 18.2 Å². The van der Waals surface area contributed by atoms with E-state index in [1.165, 1.54) is 15.6 Å². The van der Waals surface area contributed by atoms with Gasteiger partial charge in [0.15, 0.2) is 5.13 Å². The minimum atomic E-state index is -3.75. The van der Waals surface area contributed by atoms with Crippen LogP contribution in [0.5, 0.6) is 0 Å². The van der Waals surface area contributed by atoms with E-state index in [0.29, 0.717) is 41.4 Å². The zero-order valence-corrected chi connectivity index (χ0v) is 19.7. The van der Waals surface area contributed by atoms with E-state index in [9.17, 15) is 18.0 Å². The van der Waals surface area contributed by atoms with E-state index < -0.39 is 27.6 Å². The normalized spacial score (nSPS) is 17.3. The molecule has 1 unspecified atom stereocenters. The Balaban J connectivity index is 1.38. The fourth-order valence-electron chi connectivity index (χ4n) is 3.86. The smallest absolute Gasteiger partial charge is 0.345 e. The Labute approximate surface area is 197 Å². The number of aromatic nitrogens is 1. The van der Waals surface area contributed by atoms with E-state index in [4.69, 9.17) is 4.42 Å². The number of hydrogen-bond acceptors (Lipinski definition) is 8. The molecular weight excluding hydrogens is 482 g/mol. The van der Waals surface area contributed by atoms with Gasteiger partial charge in [0.1, 0.15) is 15.8 Å². The lowest BCUT2D eigenvalue weighted by Crippen LogP contribution is -2.49. The van der Waals surface area contributed by atoms with Crippen molar-refractivity contribution in [2.75, 3.05) is 11.9 Å². The highest BCUT2D eigenvalue weighted by Crippen LogP contribution is 2.30. The van der Waals surface area contributed by atoms with Gasteiger partial charge in [-0.05, 0) is 36.4 Å². The molecule has 8 nitrogen and oxygen atoms in total. The number of carbonyl (C=O) groups excluding carboxylic acids is 1. The summed E-state index contributed by atoms with van der Waals surface area (Å²) in [4.78, 5) is 29.9. The van der Waals surface area contributed by atoms with Gasteiger partial charge in [0, 0.05) is 17.3 Å². The molecule has 0 aliphatic carbocycles. The molecule has 3 aromatic heterocycles. The number of nitrogens with one attached hydrogen (secondary N) is 1. The maximum absolute atomic E-state index is 13.1. The number of sulfonamides is 1. The number of anilines is 1. The fraction of sp³-hybridized carbons (Fsp3) is 0.227. The van der Waals surface area contributed by atoms with Gasteiger partial charge in [0.05, 0.1) is 11.3 Å². The Morgan fingerprint density at radius 3 is 2.82 bits per heavy atom. The third kappa shape index (κ3) is 4.24. The van der Waals surface area contributed by atoms with E-state index >= 15 is 0 Å². The van der Waals surface area contributed by atoms with E-state index in [-0.39, 0.29) is 4.21 Å². The van der Waals surface area contributed by atoms with Gasteiger partial charge in [-0.1, -0.05) is 30.7 Å². The highest BCUT2D eigenvalue weighted by molar-refractivity contribution is 7.91. The first-order valence-corrected chi connectivity index (χ1v) is 13.5. The summed E-state index contributed by atoms with van der Waals surface area (Å²) in [7, 11) is -3.75. The third-order valence-corrected chi connectivity index (χ3v) is 9.50. The van der Waals surface area contributed by atoms with Gasteiger partial charge in [0.2, 0.25) is 5.91 Å². The predicted molar refractivity (Wildman–Crippen MR) is 128 cm³/mol. The minimum absolute atomic E-state index is 0.224. The number of fused-ring (bicyclic) bond motifs is 1. The number of rotatable bonds is 5. The first-order chi connectivity index (χ1) is 15.9. The molecule has 1 fully saturated rings. The summed E-state index contributed by atoms with van der Waals surface area (Å²) in [6.45, 7) is 0.291. The molecule has 0 saturated carbocycles. The van der Waals surface area contributed by atoms with Crippen molar-refractivity contribution < 1.29 is 17.6 Å². The number of amides is 1. The van der Waals surface area contributed by atoms with Gasteiger partial charge < -0.3 is 9.73 Å². The molecule has 1 amide bonds. The molecule has 4 aromatic rings. The largest absolute Gasteiger partial charge is 0.422 e. The second kappa shape index (κ2) is 8.82. The van der Waals surface area contributed by atoms with Crippen LogP contribution in [0.3, 0.4) is 0 Å². The van der Waals surface area contributed by atoms with E-state index in [2.05, 4.69) is 10.3 Å². The van der Waals surface area contributed by atoms with Crippen LogP contribution in [0, 0.1) is 0 Å². The van der Waals surface area contributed by atoms with Crippen molar-refractivity contribution >= 4 is 54.7 Å². The number of nitrogens with zero attached hydrogens (tertiary/aromatic N) is 2. The molecule has 11 heteroatoms. The van der Waals surface area contributed by atoms with Crippen LogP contribution in [0.15, 0.2) is 66.6 Å². The number of benzene rings is 1. The Morgan fingerprint density at radius 2 is 2.00 bits per heavy atom. The van der Waals surface area contributed by atoms with Crippen LogP contribution in [0.2, 0.25) is 0 Å². The van der Waals surface area contributed by atoms with Crippen molar-refractivity contribution in [2.24, 2.45) is 0 Å². The Bertz CT molecular complexity index is 1470. The topological polar surface area (TPSA) is 110 Å². The van der Waals surface area contributed by atoms with Gasteiger partial charge in [-0.15, -0.1) is 22.7 Å². The van der Waals surface area contributed by atoms with Crippen molar-refractivity contribution in [1.29, 1.82) is 0 Å². The Hall–Kier alpha value is -2.86. The maximum Gasteiger partial charge on any atom is 0.345 e. The SMILES string of the molecule is O=C(Nc1nc(-c2cc3ccccc3oc2=O)cs1)C1CCCCN1S(=O)(=O)c1cccs1. The van der Waals surface area contributed by atoms with Crippen LogP contribution in [0.1, 0.15) is 19.3 Å². The summed E-state index contributed by atoms with van der Waals surface area (Å²) in [6, 6.07) is 11.3. The fourth-order valence-corrected chi connectivity index (χ4v) is 7.35. The Morgan fingerprint density at radius 1 is 1.15 bits per heavy atom. The lowest BCUT2D eigenvalue weighted by atomic mass is 10.0. The van der Waals surface area contributed by atoms with Gasteiger partial charge in [0.25, 0.3) is 10.0 Å². The van der Waals surface area contributed by atoms with E-state index in [0.717, 1.165) is 23.1 Å². The summed E-state index contributed by atoms with van der Waals surface area (Å²) in [6.07, 6.45) is 1.90. The number of carbonyl (C=O) groups is 1. The van der Waals surface area contributed by atoms with Crippen molar-refractivity contribution in [3.05, 3.63) is 63.6 Å². The molecule has 0 radical (unpaired) electrons. The van der Waals surface area contributed by atoms with E-state index in [1.54, 1.807) is 41.1 Å². The number of piperidine rings is 1. The van der Waals surface area contributed by atoms with Gasteiger partial charge in [-0.3, -0.25) is 4.79 Å². The second-order valence-corrected chi connectivity index (χ2v) is 11.5.